The zero-order valence-electron chi connectivity index (χ0n) is 14.7. The van der Waals surface area contributed by atoms with E-state index < -0.39 is 5.82 Å². The highest BCUT2D eigenvalue weighted by molar-refractivity contribution is 5.85. The summed E-state index contributed by atoms with van der Waals surface area (Å²) in [5, 5.41) is 35.2. The summed E-state index contributed by atoms with van der Waals surface area (Å²) in [7, 11) is 0. The van der Waals surface area contributed by atoms with E-state index in [1.807, 2.05) is 0 Å². The van der Waals surface area contributed by atoms with Crippen LogP contribution in [0.25, 0.3) is 22.3 Å². The Kier molecular flexibility index (Phi) is 5.23. The number of fused-ring (bicyclic) bond motifs is 1. The number of hydrogen-bond donors (Lipinski definition) is 1. The van der Waals surface area contributed by atoms with Crippen LogP contribution in [0.5, 0.6) is 0 Å². The molecule has 2 aromatic carbocycles. The Hall–Kier alpha value is -3.15. The molecule has 4 rings (SSSR count). The van der Waals surface area contributed by atoms with Gasteiger partial charge in [0, 0.05) is 25.2 Å². The molecule has 1 atom stereocenters. The monoisotopic (exact) mass is 401 g/mol. The average molecular weight is 402 g/mol. The van der Waals surface area contributed by atoms with Crippen molar-refractivity contribution in [3.63, 3.8) is 0 Å². The molecule has 1 saturated heterocycles. The maximum Gasteiger partial charge on any atom is 0.369 e. The van der Waals surface area contributed by atoms with Crippen molar-refractivity contribution in [2.24, 2.45) is 5.73 Å². The molecule has 1 aromatic heterocycles. The number of hydrogen-bond acceptors (Lipinski definition) is 5. The van der Waals surface area contributed by atoms with E-state index in [1.54, 1.807) is 41.3 Å². The van der Waals surface area contributed by atoms with Gasteiger partial charge in [-0.1, -0.05) is 18.2 Å². The molecule has 0 bridgehead atoms. The molecule has 0 aliphatic carbocycles. The first kappa shape index (κ1) is 19.6. The molecule has 7 nitrogen and oxygen atoms in total. The van der Waals surface area contributed by atoms with Crippen molar-refractivity contribution in [2.75, 3.05) is 18.0 Å². The number of nitrogens with zero attached hydrogens (tertiary/aromatic N) is 4. The molecule has 144 valence electrons. The molecule has 0 amide bonds. The number of nitriles is 1. The van der Waals surface area contributed by atoms with Crippen molar-refractivity contribution < 1.29 is 13.9 Å². The Morgan fingerprint density at radius 1 is 1.14 bits per heavy atom. The largest absolute Gasteiger partial charge is 0.617 e. The molecule has 1 unspecified atom stereocenters. The third kappa shape index (κ3) is 3.05. The van der Waals surface area contributed by atoms with Gasteiger partial charge in [0.1, 0.15) is 0 Å². The molecule has 3 aromatic rings. The summed E-state index contributed by atoms with van der Waals surface area (Å²) in [6.07, 6.45) is 0.721. The van der Waals surface area contributed by atoms with Gasteiger partial charge in [-0.2, -0.15) is 9.99 Å². The topological polar surface area (TPSA) is 107 Å². The van der Waals surface area contributed by atoms with Crippen LogP contribution in [0.2, 0.25) is 0 Å². The van der Waals surface area contributed by atoms with Crippen LogP contribution in [-0.4, -0.2) is 19.1 Å². The smallest absolute Gasteiger partial charge is 0.369 e. The van der Waals surface area contributed by atoms with E-state index in [4.69, 9.17) is 5.73 Å². The average Bonchev–Trinajstić information content (AvgIpc) is 3.10. The molecule has 1 aliphatic heterocycles. The maximum absolute atomic E-state index is 14.6. The molecule has 2 heterocycles. The van der Waals surface area contributed by atoms with Crippen LogP contribution in [-0.2, 0) is 0 Å². The fourth-order valence-electron chi connectivity index (χ4n) is 3.50. The summed E-state index contributed by atoms with van der Waals surface area (Å²) < 4.78 is 15.5. The molecular weight excluding hydrogens is 385 g/mol. The lowest BCUT2D eigenvalue weighted by atomic mass is 10.1. The van der Waals surface area contributed by atoms with Crippen molar-refractivity contribution in [2.45, 2.75) is 12.5 Å². The number of nitrogens with two attached hydrogens (primary N) is 1. The van der Waals surface area contributed by atoms with E-state index in [1.165, 1.54) is 6.07 Å². The lowest BCUT2D eigenvalue weighted by Crippen LogP contribution is -2.43. The second kappa shape index (κ2) is 7.46. The van der Waals surface area contributed by atoms with Gasteiger partial charge in [-0.3, -0.25) is 0 Å². The first-order valence-electron chi connectivity index (χ1n) is 8.49. The molecular formula is C19H17ClFN5O2. The fraction of sp³-hybridized carbons (Fsp3) is 0.211. The van der Waals surface area contributed by atoms with Gasteiger partial charge in [0.2, 0.25) is 0 Å². The highest BCUT2D eigenvalue weighted by Gasteiger charge is 2.32. The molecule has 28 heavy (non-hydrogen) atoms. The highest BCUT2D eigenvalue weighted by atomic mass is 35.5. The van der Waals surface area contributed by atoms with Crippen LogP contribution < -0.4 is 20.1 Å². The zero-order valence-corrected chi connectivity index (χ0v) is 15.5. The minimum Gasteiger partial charge on any atom is -0.617 e. The number of rotatable bonds is 2. The molecule has 1 aliphatic rings. The van der Waals surface area contributed by atoms with Crippen molar-refractivity contribution in [3.05, 3.63) is 64.4 Å². The normalized spacial score (nSPS) is 16.0. The Morgan fingerprint density at radius 2 is 1.82 bits per heavy atom. The third-order valence-electron chi connectivity index (χ3n) is 4.83. The quantitative estimate of drug-likeness (QED) is 0.520. The van der Waals surface area contributed by atoms with Crippen molar-refractivity contribution in [1.29, 1.82) is 5.26 Å². The van der Waals surface area contributed by atoms with Gasteiger partial charge in [0.25, 0.3) is 11.0 Å². The van der Waals surface area contributed by atoms with Crippen LogP contribution in [0.3, 0.4) is 0 Å². The minimum absolute atomic E-state index is 0. The fourth-order valence-corrected chi connectivity index (χ4v) is 3.50. The summed E-state index contributed by atoms with van der Waals surface area (Å²) in [4.78, 5) is 1.76. The number of anilines is 1. The Bertz CT molecular complexity index is 1090. The standard InChI is InChI=1S/C19H16FN5O2.ClH/c20-14-8-16-17(9-15(14)23-7-6-13(22)11-23)25(27)19(18(10-21)24(16)26)12-4-2-1-3-5-12;/h1-5,8-9,13H,6-7,11,22H2;1H. The third-order valence-corrected chi connectivity index (χ3v) is 4.83. The molecule has 2 N–H and O–H groups in total. The van der Waals surface area contributed by atoms with E-state index in [-0.39, 0.29) is 46.6 Å². The Morgan fingerprint density at radius 3 is 2.43 bits per heavy atom. The Labute approximate surface area is 166 Å². The van der Waals surface area contributed by atoms with E-state index in [0.717, 1.165) is 12.5 Å². The Balaban J connectivity index is 0.00000225. The number of halogens is 2. The second-order valence-electron chi connectivity index (χ2n) is 6.55. The van der Waals surface area contributed by atoms with Crippen LogP contribution >= 0.6 is 12.4 Å². The van der Waals surface area contributed by atoms with Crippen molar-refractivity contribution in [3.8, 4) is 17.3 Å². The van der Waals surface area contributed by atoms with Gasteiger partial charge >= 0.3 is 11.4 Å². The summed E-state index contributed by atoms with van der Waals surface area (Å²) in [6, 6.07) is 12.5. The van der Waals surface area contributed by atoms with E-state index in [0.29, 0.717) is 28.1 Å². The van der Waals surface area contributed by atoms with Crippen LogP contribution in [0.15, 0.2) is 42.5 Å². The summed E-state index contributed by atoms with van der Waals surface area (Å²) in [6.45, 7) is 1.04. The molecule has 0 spiro atoms. The van der Waals surface area contributed by atoms with Crippen LogP contribution in [0.4, 0.5) is 10.1 Å². The van der Waals surface area contributed by atoms with Crippen LogP contribution in [0, 0.1) is 27.6 Å². The maximum atomic E-state index is 14.6. The van der Waals surface area contributed by atoms with Gasteiger partial charge in [-0.15, -0.1) is 17.1 Å². The number of aromatic nitrogens is 2. The first-order valence-corrected chi connectivity index (χ1v) is 8.49. The minimum atomic E-state index is -0.627. The molecule has 1 fully saturated rings. The SMILES string of the molecule is Cl.N#Cc1c(-c2ccccc2)[n+]([O-])c2cc(N3CCC(N)C3)c(F)cc2[n+]1[O-]. The lowest BCUT2D eigenvalue weighted by Gasteiger charge is -2.19. The first-order chi connectivity index (χ1) is 13.0. The number of benzene rings is 2. The van der Waals surface area contributed by atoms with Gasteiger partial charge in [-0.05, 0) is 18.6 Å². The van der Waals surface area contributed by atoms with Crippen molar-refractivity contribution in [1.82, 2.24) is 0 Å². The van der Waals surface area contributed by atoms with Gasteiger partial charge in [0.05, 0.1) is 17.3 Å². The van der Waals surface area contributed by atoms with Crippen LogP contribution in [0.1, 0.15) is 12.1 Å². The lowest BCUT2D eigenvalue weighted by molar-refractivity contribution is -0.622. The van der Waals surface area contributed by atoms with Gasteiger partial charge in [0.15, 0.2) is 11.9 Å². The summed E-state index contributed by atoms with van der Waals surface area (Å²) in [5.74, 6) is -0.627. The summed E-state index contributed by atoms with van der Waals surface area (Å²) >= 11 is 0. The van der Waals surface area contributed by atoms with E-state index >= 15 is 0 Å². The zero-order chi connectivity index (χ0) is 19.1. The highest BCUT2D eigenvalue weighted by Crippen LogP contribution is 2.28. The van der Waals surface area contributed by atoms with E-state index in [2.05, 4.69) is 0 Å². The second-order valence-corrected chi connectivity index (χ2v) is 6.55. The van der Waals surface area contributed by atoms with Crippen molar-refractivity contribution >= 4 is 29.1 Å². The molecule has 9 heteroatoms. The predicted molar refractivity (Wildman–Crippen MR) is 104 cm³/mol. The van der Waals surface area contributed by atoms with Gasteiger partial charge in [-0.25, -0.2) is 4.39 Å². The molecule has 0 saturated carbocycles. The molecule has 0 radical (unpaired) electrons. The van der Waals surface area contributed by atoms with E-state index in [9.17, 15) is 20.1 Å². The predicted octanol–water partition coefficient (Wildman–Crippen LogP) is 1.74. The van der Waals surface area contributed by atoms with Gasteiger partial charge < -0.3 is 21.0 Å². The summed E-state index contributed by atoms with van der Waals surface area (Å²) in [5.41, 5.74) is 5.93.